The summed E-state index contributed by atoms with van der Waals surface area (Å²) in [5.41, 5.74) is 3.11. The Morgan fingerprint density at radius 3 is 2.75 bits per heavy atom. The molecule has 0 bridgehead atoms. The molecule has 2 heterocycles. The van der Waals surface area contributed by atoms with Crippen molar-refractivity contribution in [1.29, 1.82) is 0 Å². The second-order valence-electron chi connectivity index (χ2n) is 5.03. The Bertz CT molecular complexity index is 781. The summed E-state index contributed by atoms with van der Waals surface area (Å²) in [6.45, 7) is 4.10. The van der Waals surface area contributed by atoms with Crippen LogP contribution < -0.4 is 0 Å². The quantitative estimate of drug-likeness (QED) is 0.663. The second-order valence-corrected chi connectivity index (χ2v) is 5.03. The molecule has 3 heteroatoms. The van der Waals surface area contributed by atoms with Gasteiger partial charge in [0.2, 0.25) is 0 Å². The Labute approximate surface area is 117 Å². The number of fused-ring (bicyclic) bond motifs is 1. The van der Waals surface area contributed by atoms with E-state index in [0.717, 1.165) is 22.3 Å². The largest absolute Gasteiger partial charge is 0.301 e. The Balaban J connectivity index is 2.32. The average Bonchev–Trinajstić information content (AvgIpc) is 2.77. The van der Waals surface area contributed by atoms with Gasteiger partial charge in [-0.1, -0.05) is 17.7 Å². The lowest BCUT2D eigenvalue weighted by Crippen LogP contribution is -1.94. The maximum absolute atomic E-state index is 13.6. The molecule has 0 aliphatic carbocycles. The van der Waals surface area contributed by atoms with E-state index < -0.39 is 0 Å². The van der Waals surface area contributed by atoms with Crippen LogP contribution in [0.4, 0.5) is 4.39 Å². The number of halogens is 1. The van der Waals surface area contributed by atoms with Gasteiger partial charge in [-0.2, -0.15) is 0 Å². The monoisotopic (exact) mass is 266 g/mol. The normalized spacial score (nSPS) is 10.8. The molecule has 2 aromatic heterocycles. The summed E-state index contributed by atoms with van der Waals surface area (Å²) in [5.74, 6) is 0.549. The first kappa shape index (κ1) is 12.6. The minimum Gasteiger partial charge on any atom is -0.301 e. The zero-order chi connectivity index (χ0) is 14.1. The van der Waals surface area contributed by atoms with E-state index in [1.165, 1.54) is 11.6 Å². The van der Waals surface area contributed by atoms with Gasteiger partial charge < -0.3 is 4.57 Å². The van der Waals surface area contributed by atoms with Crippen molar-refractivity contribution in [3.63, 3.8) is 0 Å². The van der Waals surface area contributed by atoms with Crippen LogP contribution in [0.2, 0.25) is 0 Å². The van der Waals surface area contributed by atoms with E-state index in [0.29, 0.717) is 0 Å². The third-order valence-corrected chi connectivity index (χ3v) is 3.14. The molecular formula is C17H15FN2. The van der Waals surface area contributed by atoms with E-state index in [-0.39, 0.29) is 5.82 Å². The van der Waals surface area contributed by atoms with Gasteiger partial charge in [-0.05, 0) is 44.2 Å². The van der Waals surface area contributed by atoms with Gasteiger partial charge in [0, 0.05) is 23.3 Å². The molecule has 0 spiro atoms. The van der Waals surface area contributed by atoms with E-state index >= 15 is 0 Å². The van der Waals surface area contributed by atoms with Gasteiger partial charge in [-0.3, -0.25) is 0 Å². The Morgan fingerprint density at radius 1 is 1.20 bits per heavy atom. The van der Waals surface area contributed by atoms with Crippen LogP contribution in [0.25, 0.3) is 22.8 Å². The van der Waals surface area contributed by atoms with E-state index in [2.05, 4.69) is 11.1 Å². The lowest BCUT2D eigenvalue weighted by atomic mass is 10.1. The zero-order valence-electron chi connectivity index (χ0n) is 11.5. The predicted molar refractivity (Wildman–Crippen MR) is 80.4 cm³/mol. The Kier molecular flexibility index (Phi) is 3.11. The molecule has 2 nitrogen and oxygen atoms in total. The van der Waals surface area contributed by atoms with Crippen molar-refractivity contribution in [1.82, 2.24) is 9.55 Å². The molecule has 0 atom stereocenters. The molecule has 0 fully saturated rings. The number of pyridine rings is 1. The highest BCUT2D eigenvalue weighted by Gasteiger charge is 2.09. The van der Waals surface area contributed by atoms with E-state index in [9.17, 15) is 4.39 Å². The minimum absolute atomic E-state index is 0.239. The summed E-state index contributed by atoms with van der Waals surface area (Å²) >= 11 is 0. The van der Waals surface area contributed by atoms with Crippen LogP contribution in [0.5, 0.6) is 0 Å². The van der Waals surface area contributed by atoms with E-state index in [1.807, 2.05) is 48.9 Å². The number of benzene rings is 1. The molecule has 0 saturated heterocycles. The number of allylic oxidation sites excluding steroid dienone is 1. The van der Waals surface area contributed by atoms with Crippen LogP contribution in [0, 0.1) is 5.82 Å². The van der Waals surface area contributed by atoms with Crippen LogP contribution in [-0.4, -0.2) is 9.55 Å². The van der Waals surface area contributed by atoms with Crippen molar-refractivity contribution < 1.29 is 4.39 Å². The van der Waals surface area contributed by atoms with Gasteiger partial charge in [0.15, 0.2) is 0 Å². The molecule has 0 unspecified atom stereocenters. The first-order chi connectivity index (χ1) is 9.65. The second kappa shape index (κ2) is 4.93. The SMILES string of the molecule is CC(C)=Cc1cn(-c2ccccn2)c2cc(F)ccc12. The standard InChI is InChI=1S/C17H15FN2/c1-12(2)9-13-11-20(17-5-3-4-8-19-17)16-10-14(18)6-7-15(13)16/h3-11H,1-2H3. The number of hydrogen-bond acceptors (Lipinski definition) is 1. The summed E-state index contributed by atoms with van der Waals surface area (Å²) < 4.78 is 15.5. The van der Waals surface area contributed by atoms with Crippen molar-refractivity contribution in [3.8, 4) is 5.82 Å². The fourth-order valence-electron chi connectivity index (χ4n) is 2.34. The molecule has 3 aromatic rings. The van der Waals surface area contributed by atoms with Gasteiger partial charge in [0.05, 0.1) is 5.52 Å². The molecule has 20 heavy (non-hydrogen) atoms. The maximum atomic E-state index is 13.6. The molecule has 0 aliphatic heterocycles. The molecule has 0 amide bonds. The van der Waals surface area contributed by atoms with Gasteiger partial charge in [-0.25, -0.2) is 9.37 Å². The Hall–Kier alpha value is -2.42. The van der Waals surface area contributed by atoms with Crippen LogP contribution >= 0.6 is 0 Å². The fourth-order valence-corrected chi connectivity index (χ4v) is 2.34. The molecule has 0 aliphatic rings. The number of rotatable bonds is 2. The summed E-state index contributed by atoms with van der Waals surface area (Å²) in [7, 11) is 0. The zero-order valence-corrected chi connectivity index (χ0v) is 11.5. The lowest BCUT2D eigenvalue weighted by Gasteiger charge is -2.03. The van der Waals surface area contributed by atoms with Crippen molar-refractivity contribution >= 4 is 17.0 Å². The van der Waals surface area contributed by atoms with Crippen LogP contribution in [0.15, 0.2) is 54.4 Å². The Morgan fingerprint density at radius 2 is 2.05 bits per heavy atom. The highest BCUT2D eigenvalue weighted by molar-refractivity contribution is 5.91. The third kappa shape index (κ3) is 2.23. The summed E-state index contributed by atoms with van der Waals surface area (Å²) in [6.07, 6.45) is 5.83. The fraction of sp³-hybridized carbons (Fsp3) is 0.118. The van der Waals surface area contributed by atoms with Gasteiger partial charge in [0.25, 0.3) is 0 Å². The van der Waals surface area contributed by atoms with Gasteiger partial charge in [-0.15, -0.1) is 0 Å². The molecule has 1 aromatic carbocycles. The van der Waals surface area contributed by atoms with E-state index in [1.54, 1.807) is 12.3 Å². The van der Waals surface area contributed by atoms with Crippen molar-refractivity contribution in [2.45, 2.75) is 13.8 Å². The van der Waals surface area contributed by atoms with E-state index in [4.69, 9.17) is 0 Å². The molecule has 0 saturated carbocycles. The summed E-state index contributed by atoms with van der Waals surface area (Å²) in [6, 6.07) is 10.6. The molecule has 0 N–H and O–H groups in total. The van der Waals surface area contributed by atoms with Gasteiger partial charge >= 0.3 is 0 Å². The average molecular weight is 266 g/mol. The lowest BCUT2D eigenvalue weighted by molar-refractivity contribution is 0.629. The topological polar surface area (TPSA) is 17.8 Å². The van der Waals surface area contributed by atoms with Crippen LogP contribution in [-0.2, 0) is 0 Å². The summed E-state index contributed by atoms with van der Waals surface area (Å²) in [5, 5.41) is 1.03. The number of aromatic nitrogens is 2. The van der Waals surface area contributed by atoms with Crippen LogP contribution in [0.1, 0.15) is 19.4 Å². The summed E-state index contributed by atoms with van der Waals surface area (Å²) in [4.78, 5) is 4.34. The smallest absolute Gasteiger partial charge is 0.137 e. The molecular weight excluding hydrogens is 251 g/mol. The first-order valence-electron chi connectivity index (χ1n) is 6.52. The molecule has 0 radical (unpaired) electrons. The van der Waals surface area contributed by atoms with Gasteiger partial charge in [0.1, 0.15) is 11.6 Å². The molecule has 100 valence electrons. The maximum Gasteiger partial charge on any atom is 0.137 e. The van der Waals surface area contributed by atoms with Crippen molar-refractivity contribution in [2.75, 3.05) is 0 Å². The first-order valence-corrected chi connectivity index (χ1v) is 6.52. The molecule has 3 rings (SSSR count). The predicted octanol–water partition coefficient (Wildman–Crippen LogP) is 4.59. The number of hydrogen-bond donors (Lipinski definition) is 0. The number of nitrogens with zero attached hydrogens (tertiary/aromatic N) is 2. The van der Waals surface area contributed by atoms with Crippen LogP contribution in [0.3, 0.4) is 0 Å². The highest BCUT2D eigenvalue weighted by Crippen LogP contribution is 2.26. The van der Waals surface area contributed by atoms with Crippen molar-refractivity contribution in [3.05, 3.63) is 65.7 Å². The third-order valence-electron chi connectivity index (χ3n) is 3.14. The minimum atomic E-state index is -0.239. The highest BCUT2D eigenvalue weighted by atomic mass is 19.1. The van der Waals surface area contributed by atoms with Crippen molar-refractivity contribution in [2.24, 2.45) is 0 Å².